The summed E-state index contributed by atoms with van der Waals surface area (Å²) in [5.74, 6) is -1.81. The number of fused-ring (bicyclic) bond motifs is 2. The first-order valence-corrected chi connectivity index (χ1v) is 9.65. The van der Waals surface area contributed by atoms with Crippen molar-refractivity contribution >= 4 is 40.5 Å². The van der Waals surface area contributed by atoms with Crippen LogP contribution in [0.15, 0.2) is 60.0 Å². The molecule has 0 spiro atoms. The van der Waals surface area contributed by atoms with E-state index in [-0.39, 0.29) is 17.1 Å². The Labute approximate surface area is 167 Å². The molecule has 1 unspecified atom stereocenters. The number of para-hydroxylation sites is 2. The first kappa shape index (κ1) is 19.3. The molecule has 4 rings (SSSR count). The van der Waals surface area contributed by atoms with Gasteiger partial charge in [-0.3, -0.25) is 18.9 Å². The smallest absolute Gasteiger partial charge is 0.324 e. The molecule has 0 radical (unpaired) electrons. The first-order valence-electron chi connectivity index (χ1n) is 8.67. The number of hydrogen-bond acceptors (Lipinski definition) is 4. The molecule has 2 aromatic heterocycles. The second-order valence-electron chi connectivity index (χ2n) is 6.42. The number of amides is 2. The second kappa shape index (κ2) is 7.43. The lowest BCUT2D eigenvalue weighted by Crippen LogP contribution is -2.50. The van der Waals surface area contributed by atoms with Crippen molar-refractivity contribution < 1.29 is 22.8 Å². The van der Waals surface area contributed by atoms with Gasteiger partial charge in [0.2, 0.25) is 11.8 Å². The molecule has 1 N–H and O–H groups in total. The molecular formula is C19H15F3N4O2S. The highest BCUT2D eigenvalue weighted by Crippen LogP contribution is 2.38. The van der Waals surface area contributed by atoms with E-state index in [2.05, 4.69) is 10.3 Å². The summed E-state index contributed by atoms with van der Waals surface area (Å²) in [6.07, 6.45) is -2.23. The molecule has 10 heteroatoms. The van der Waals surface area contributed by atoms with Crippen LogP contribution < -0.4 is 10.2 Å². The van der Waals surface area contributed by atoms with Crippen molar-refractivity contribution in [3.63, 3.8) is 0 Å². The van der Waals surface area contributed by atoms with Crippen molar-refractivity contribution in [2.24, 2.45) is 0 Å². The van der Waals surface area contributed by atoms with E-state index in [9.17, 15) is 22.8 Å². The summed E-state index contributed by atoms with van der Waals surface area (Å²) in [6.45, 7) is 0. The summed E-state index contributed by atoms with van der Waals surface area (Å²) in [7, 11) is 0. The maximum absolute atomic E-state index is 13.7. The molecule has 3 heterocycles. The van der Waals surface area contributed by atoms with Gasteiger partial charge in [0.15, 0.2) is 5.16 Å². The number of anilines is 2. The number of thioether (sulfide) groups is 1. The number of nitrogens with zero attached hydrogens (tertiary/aromatic N) is 3. The summed E-state index contributed by atoms with van der Waals surface area (Å²) in [5, 5.41) is 2.94. The Morgan fingerprint density at radius 3 is 2.76 bits per heavy atom. The van der Waals surface area contributed by atoms with Gasteiger partial charge in [-0.15, -0.1) is 0 Å². The molecule has 0 bridgehead atoms. The van der Waals surface area contributed by atoms with Crippen LogP contribution >= 0.6 is 11.8 Å². The third-order valence-corrected chi connectivity index (χ3v) is 5.46. The van der Waals surface area contributed by atoms with Crippen molar-refractivity contribution in [2.75, 3.05) is 16.0 Å². The Morgan fingerprint density at radius 2 is 1.97 bits per heavy atom. The lowest BCUT2D eigenvalue weighted by atomic mass is 10.1. The molecule has 1 aromatic carbocycles. The third kappa shape index (κ3) is 3.80. The van der Waals surface area contributed by atoms with E-state index in [1.807, 2.05) is 12.1 Å². The quantitative estimate of drug-likeness (QED) is 0.656. The highest BCUT2D eigenvalue weighted by molar-refractivity contribution is 7.99. The number of halogens is 3. The molecule has 1 atom stereocenters. The number of rotatable bonds is 3. The molecule has 3 aromatic rings. The number of carbonyl (C=O) groups is 2. The topological polar surface area (TPSA) is 66.7 Å². The highest BCUT2D eigenvalue weighted by Gasteiger charge is 2.48. The van der Waals surface area contributed by atoms with Crippen molar-refractivity contribution in [2.45, 2.75) is 23.8 Å². The number of imidazole rings is 1. The first-order chi connectivity index (χ1) is 13.8. The molecule has 29 heavy (non-hydrogen) atoms. The summed E-state index contributed by atoms with van der Waals surface area (Å²) >= 11 is 1.04. The maximum atomic E-state index is 13.7. The van der Waals surface area contributed by atoms with Crippen LogP contribution in [0.4, 0.5) is 24.5 Å². The van der Waals surface area contributed by atoms with Gasteiger partial charge in [0, 0.05) is 6.20 Å². The minimum Gasteiger partial charge on any atom is -0.324 e. The van der Waals surface area contributed by atoms with Gasteiger partial charge in [-0.25, -0.2) is 4.98 Å². The van der Waals surface area contributed by atoms with Crippen molar-refractivity contribution in [1.82, 2.24) is 9.38 Å². The van der Waals surface area contributed by atoms with Crippen molar-refractivity contribution in [1.29, 1.82) is 0 Å². The average molecular weight is 420 g/mol. The number of aromatic nitrogens is 2. The number of nitrogens with one attached hydrogen (secondary N) is 1. The van der Waals surface area contributed by atoms with Gasteiger partial charge in [0.1, 0.15) is 6.04 Å². The monoisotopic (exact) mass is 420 g/mol. The molecule has 150 valence electrons. The summed E-state index contributed by atoms with van der Waals surface area (Å²) in [6, 6.07) is 9.21. The van der Waals surface area contributed by atoms with Gasteiger partial charge < -0.3 is 5.32 Å². The zero-order chi connectivity index (χ0) is 20.6. The fourth-order valence-corrected chi connectivity index (χ4v) is 4.04. The Morgan fingerprint density at radius 1 is 1.21 bits per heavy atom. The summed E-state index contributed by atoms with van der Waals surface area (Å²) in [5.41, 5.74) is 1.01. The van der Waals surface area contributed by atoms with E-state index in [0.29, 0.717) is 10.1 Å². The van der Waals surface area contributed by atoms with Gasteiger partial charge in [-0.05, 0) is 24.3 Å². The van der Waals surface area contributed by atoms with Gasteiger partial charge in [0.05, 0.1) is 35.3 Å². The lowest BCUT2D eigenvalue weighted by molar-refractivity contribution is -0.157. The number of benzene rings is 1. The van der Waals surface area contributed by atoms with Crippen LogP contribution in [0.2, 0.25) is 0 Å². The van der Waals surface area contributed by atoms with Gasteiger partial charge in [-0.2, -0.15) is 13.2 Å². The van der Waals surface area contributed by atoms with Crippen LogP contribution in [-0.4, -0.2) is 39.2 Å². The lowest BCUT2D eigenvalue weighted by Gasteiger charge is -2.31. The van der Waals surface area contributed by atoms with Crippen molar-refractivity contribution in [3.8, 4) is 0 Å². The van der Waals surface area contributed by atoms with Crippen molar-refractivity contribution in [3.05, 3.63) is 54.9 Å². The van der Waals surface area contributed by atoms with Crippen LogP contribution in [0.3, 0.4) is 0 Å². The van der Waals surface area contributed by atoms with E-state index in [1.165, 1.54) is 18.2 Å². The molecule has 2 amide bonds. The van der Waals surface area contributed by atoms with E-state index in [4.69, 9.17) is 0 Å². The molecule has 0 fully saturated rings. The Hall–Kier alpha value is -3.01. The minimum atomic E-state index is -4.75. The van der Waals surface area contributed by atoms with E-state index in [1.54, 1.807) is 28.9 Å². The number of carbonyl (C=O) groups excluding carboxylic acids is 2. The second-order valence-corrected chi connectivity index (χ2v) is 7.36. The van der Waals surface area contributed by atoms with Gasteiger partial charge >= 0.3 is 6.18 Å². The fraction of sp³-hybridized carbons (Fsp3) is 0.211. The summed E-state index contributed by atoms with van der Waals surface area (Å²) in [4.78, 5) is 29.8. The maximum Gasteiger partial charge on any atom is 0.409 e. The molecule has 0 saturated carbocycles. The fourth-order valence-electron chi connectivity index (χ4n) is 3.22. The van der Waals surface area contributed by atoms with Crippen LogP contribution in [0, 0.1) is 0 Å². The molecule has 6 nitrogen and oxygen atoms in total. The predicted octanol–water partition coefficient (Wildman–Crippen LogP) is 3.73. The minimum absolute atomic E-state index is 0.0271. The van der Waals surface area contributed by atoms with Gasteiger partial charge in [0.25, 0.3) is 0 Å². The standard InChI is InChI=1S/C19H15F3N4O2S/c20-19(21,22)15-9-16(27)24-13-6-1-2-7-14(13)26(15)17(28)11-29-18-23-10-12-5-3-4-8-25(12)18/h1-8,10,15H,9,11H2,(H,24,27). The Bertz CT molecular complexity index is 1080. The normalized spacial score (nSPS) is 17.0. The van der Waals surface area contributed by atoms with E-state index in [0.717, 1.165) is 17.3 Å². The van der Waals surface area contributed by atoms with Crippen LogP contribution in [0.5, 0.6) is 0 Å². The summed E-state index contributed by atoms with van der Waals surface area (Å²) < 4.78 is 42.9. The van der Waals surface area contributed by atoms with Gasteiger partial charge in [-0.1, -0.05) is 30.0 Å². The zero-order valence-electron chi connectivity index (χ0n) is 14.9. The Balaban J connectivity index is 1.65. The van der Waals surface area contributed by atoms with Crippen LogP contribution in [0.1, 0.15) is 6.42 Å². The molecule has 0 aliphatic carbocycles. The predicted molar refractivity (Wildman–Crippen MR) is 103 cm³/mol. The molecule has 1 aliphatic heterocycles. The highest BCUT2D eigenvalue weighted by atomic mass is 32.2. The number of hydrogen-bond donors (Lipinski definition) is 1. The number of pyridine rings is 1. The molecule has 1 aliphatic rings. The largest absolute Gasteiger partial charge is 0.409 e. The van der Waals surface area contributed by atoms with E-state index >= 15 is 0 Å². The molecular weight excluding hydrogens is 405 g/mol. The van der Waals surface area contributed by atoms with Crippen LogP contribution in [0.25, 0.3) is 5.52 Å². The van der Waals surface area contributed by atoms with E-state index < -0.39 is 30.5 Å². The van der Waals surface area contributed by atoms with Crippen LogP contribution in [-0.2, 0) is 9.59 Å². The number of alkyl halides is 3. The molecule has 0 saturated heterocycles. The Kier molecular flexibility index (Phi) is 4.95. The third-order valence-electron chi connectivity index (χ3n) is 4.50. The SMILES string of the molecule is O=C1CC(C(F)(F)F)N(C(=O)CSc2ncc3ccccn23)c2ccccc2N1. The zero-order valence-corrected chi connectivity index (χ0v) is 15.7. The average Bonchev–Trinajstić information content (AvgIpc) is 3.02.